The Bertz CT molecular complexity index is 1990. The predicted octanol–water partition coefficient (Wildman–Crippen LogP) is 5.89. The fourth-order valence-corrected chi connectivity index (χ4v) is 11.4. The molecule has 0 radical (unpaired) electrons. The van der Waals surface area contributed by atoms with Gasteiger partial charge < -0.3 is 19.3 Å². The van der Waals surface area contributed by atoms with Crippen LogP contribution in [0.15, 0.2) is 94.6 Å². The summed E-state index contributed by atoms with van der Waals surface area (Å²) in [5, 5.41) is 21.0. The fraction of sp³-hybridized carbons (Fsp3) is 0.439. The molecule has 0 amide bonds. The van der Waals surface area contributed by atoms with Crippen LogP contribution >= 0.6 is 7.87 Å². The number of H-pyrrole nitrogens is 1. The van der Waals surface area contributed by atoms with Gasteiger partial charge in [-0.2, -0.15) is 9.79 Å². The van der Waals surface area contributed by atoms with E-state index in [1.165, 1.54) is 10.8 Å². The number of benzene rings is 3. The number of methoxy groups -OCH3 is 2. The Labute approximate surface area is 317 Å². The third kappa shape index (κ3) is 7.13. The van der Waals surface area contributed by atoms with Crippen molar-refractivity contribution in [3.63, 3.8) is 0 Å². The molecule has 1 aliphatic rings. The number of aromatic amines is 1. The first-order chi connectivity index (χ1) is 25.7. The lowest BCUT2D eigenvalue weighted by Gasteiger charge is -2.50. The summed E-state index contributed by atoms with van der Waals surface area (Å²) in [7, 11) is -0.440. The Balaban J connectivity index is 1.96. The first-order valence-electron chi connectivity index (χ1n) is 18.1. The molecule has 1 unspecified atom stereocenters. The SMILES string of the molecule is COc1ccc(C(c2ccccc2)(c2ccc(OC)cc2)[C@]2(n3cc(C)c(=O)[nH]c3=O)C[C@](C)(O[P+](O)(CCC#N)N(C(C)C)C(C)C)[C@@H](CO)O2)cc1. The molecule has 5 rings (SSSR count). The van der Waals surface area contributed by atoms with E-state index in [-0.39, 0.29) is 36.7 Å². The highest BCUT2D eigenvalue weighted by Crippen LogP contribution is 2.68. The molecule has 0 bridgehead atoms. The fourth-order valence-electron chi connectivity index (χ4n) is 8.29. The van der Waals surface area contributed by atoms with Crippen molar-refractivity contribution in [2.24, 2.45) is 0 Å². The van der Waals surface area contributed by atoms with Crippen molar-refractivity contribution >= 4 is 7.87 Å². The van der Waals surface area contributed by atoms with Gasteiger partial charge in [0, 0.05) is 30.3 Å². The summed E-state index contributed by atoms with van der Waals surface area (Å²) in [5.74, 6) is 1.20. The summed E-state index contributed by atoms with van der Waals surface area (Å²) in [4.78, 5) is 42.6. The Kier molecular flexibility index (Phi) is 12.2. The number of aryl methyl sites for hydroxylation is 1. The van der Waals surface area contributed by atoms with Crippen molar-refractivity contribution in [2.75, 3.05) is 27.0 Å². The van der Waals surface area contributed by atoms with Crippen LogP contribution in [0.2, 0.25) is 0 Å². The number of nitriles is 1. The second kappa shape index (κ2) is 16.2. The Morgan fingerprint density at radius 1 is 0.963 bits per heavy atom. The van der Waals surface area contributed by atoms with Crippen LogP contribution in [0.1, 0.15) is 69.7 Å². The van der Waals surface area contributed by atoms with E-state index in [0.717, 1.165) is 5.56 Å². The van der Waals surface area contributed by atoms with Crippen LogP contribution in [0.4, 0.5) is 0 Å². The van der Waals surface area contributed by atoms with Crippen LogP contribution in [-0.2, 0) is 20.4 Å². The minimum atomic E-state index is -3.60. The average molecular weight is 760 g/mol. The maximum absolute atomic E-state index is 14.4. The lowest BCUT2D eigenvalue weighted by atomic mass is 9.60. The van der Waals surface area contributed by atoms with E-state index in [2.05, 4.69) is 11.1 Å². The zero-order valence-electron chi connectivity index (χ0n) is 32.3. The maximum Gasteiger partial charge on any atom is 0.347 e. The number of nitrogens with zero attached hydrogens (tertiary/aromatic N) is 3. The molecule has 0 aliphatic carbocycles. The molecule has 0 saturated carbocycles. The highest BCUT2D eigenvalue weighted by Gasteiger charge is 2.70. The highest BCUT2D eigenvalue weighted by atomic mass is 31.2. The van der Waals surface area contributed by atoms with Crippen molar-refractivity contribution in [3.05, 3.63) is 128 Å². The van der Waals surface area contributed by atoms with E-state index < -0.39 is 48.6 Å². The molecule has 1 aliphatic heterocycles. The molecule has 12 nitrogen and oxygen atoms in total. The topological polar surface area (TPSA) is 159 Å². The molecule has 4 atom stereocenters. The summed E-state index contributed by atoms with van der Waals surface area (Å²) in [6.07, 6.45) is 0.321. The summed E-state index contributed by atoms with van der Waals surface area (Å²) in [6, 6.07) is 26.4. The smallest absolute Gasteiger partial charge is 0.347 e. The third-order valence-corrected chi connectivity index (χ3v) is 13.6. The summed E-state index contributed by atoms with van der Waals surface area (Å²) >= 11 is 0. The minimum Gasteiger partial charge on any atom is -0.497 e. The number of hydrogen-bond acceptors (Lipinski definition) is 10. The quantitative estimate of drug-likeness (QED) is 0.0986. The number of hydrogen-bond donors (Lipinski definition) is 3. The number of aromatic nitrogens is 2. The molecule has 288 valence electrons. The maximum atomic E-state index is 14.4. The van der Waals surface area contributed by atoms with Gasteiger partial charge in [-0.05, 0) is 82.5 Å². The van der Waals surface area contributed by atoms with Crippen molar-refractivity contribution in [3.8, 4) is 17.6 Å². The highest BCUT2D eigenvalue weighted by molar-refractivity contribution is 7.63. The first-order valence-corrected chi connectivity index (χ1v) is 19.9. The molecule has 4 aromatic rings. The van der Waals surface area contributed by atoms with Gasteiger partial charge in [0.1, 0.15) is 29.4 Å². The molecule has 13 heteroatoms. The van der Waals surface area contributed by atoms with Crippen molar-refractivity contribution in [2.45, 2.75) is 89.3 Å². The molecule has 1 saturated heterocycles. The van der Waals surface area contributed by atoms with E-state index in [1.807, 2.05) is 111 Å². The van der Waals surface area contributed by atoms with Crippen LogP contribution < -0.4 is 20.7 Å². The lowest BCUT2D eigenvalue weighted by molar-refractivity contribution is -0.151. The van der Waals surface area contributed by atoms with Crippen molar-refractivity contribution in [1.29, 1.82) is 5.26 Å². The Morgan fingerprint density at radius 2 is 1.48 bits per heavy atom. The van der Waals surface area contributed by atoms with Crippen LogP contribution in [0.25, 0.3) is 0 Å². The van der Waals surface area contributed by atoms with Crippen molar-refractivity contribution < 1.29 is 28.7 Å². The number of aliphatic hydroxyl groups is 1. The van der Waals surface area contributed by atoms with Crippen molar-refractivity contribution in [1.82, 2.24) is 14.2 Å². The van der Waals surface area contributed by atoms with Gasteiger partial charge in [-0.1, -0.05) is 54.6 Å². The van der Waals surface area contributed by atoms with E-state index in [0.29, 0.717) is 22.6 Å². The van der Waals surface area contributed by atoms with Gasteiger partial charge in [0.2, 0.25) is 0 Å². The molecule has 1 fully saturated rings. The van der Waals surface area contributed by atoms with Crippen LogP contribution in [-0.4, -0.2) is 75.0 Å². The van der Waals surface area contributed by atoms with Gasteiger partial charge in [-0.25, -0.2) is 9.69 Å². The molecule has 1 aromatic heterocycles. The van der Waals surface area contributed by atoms with E-state index in [1.54, 1.807) is 28.1 Å². The summed E-state index contributed by atoms with van der Waals surface area (Å²) in [6.45, 7) is 10.7. The number of nitrogens with one attached hydrogen (secondary N) is 1. The van der Waals surface area contributed by atoms with Gasteiger partial charge in [-0.3, -0.25) is 14.3 Å². The third-order valence-electron chi connectivity index (χ3n) is 10.4. The zero-order valence-corrected chi connectivity index (χ0v) is 33.2. The van der Waals surface area contributed by atoms with Crippen LogP contribution in [0.5, 0.6) is 11.5 Å². The van der Waals surface area contributed by atoms with Crippen LogP contribution in [0.3, 0.4) is 0 Å². The molecule has 0 spiro atoms. The number of aliphatic hydroxyl groups excluding tert-OH is 1. The lowest BCUT2D eigenvalue weighted by Crippen LogP contribution is -2.59. The average Bonchev–Trinajstić information content (AvgIpc) is 3.45. The van der Waals surface area contributed by atoms with E-state index in [4.69, 9.17) is 18.7 Å². The molecule has 3 N–H and O–H groups in total. The number of rotatable bonds is 15. The van der Waals surface area contributed by atoms with Gasteiger partial charge in [0.15, 0.2) is 5.72 Å². The predicted molar refractivity (Wildman–Crippen MR) is 209 cm³/mol. The normalized spacial score (nSPS) is 21.3. The second-order valence-electron chi connectivity index (χ2n) is 14.5. The minimum absolute atomic E-state index is 0.0241. The molecule has 2 heterocycles. The van der Waals surface area contributed by atoms with Crippen LogP contribution in [0, 0.1) is 18.3 Å². The van der Waals surface area contributed by atoms with E-state index in [9.17, 15) is 24.9 Å². The first kappa shape index (κ1) is 40.8. The molecule has 54 heavy (non-hydrogen) atoms. The molecule has 3 aromatic carbocycles. The second-order valence-corrected chi connectivity index (χ2v) is 17.0. The van der Waals surface area contributed by atoms with Gasteiger partial charge >= 0.3 is 13.6 Å². The van der Waals surface area contributed by atoms with Gasteiger partial charge in [0.05, 0.1) is 38.7 Å². The standard InChI is InChI=1S/C41H51N4O8P/c1-28(2)45(29(3)4)54(49,24-12-23-42)53-39(6)27-40(52-36(39)26-46,44-25-30(5)37(47)43-38(44)48)41(31-13-10-9-11-14-31,32-15-19-34(50-7)20-16-32)33-17-21-35(51-8)22-18-33/h9-11,13-22,25,28-29,36,46,49H,12,24,26-27H2,1-8H3/p+1/t36-,39+,40+,54?/m1/s1. The van der Waals surface area contributed by atoms with Gasteiger partial charge in [-0.15, -0.1) is 4.67 Å². The summed E-state index contributed by atoms with van der Waals surface area (Å²) in [5.41, 5.74) is -3.63. The molecular weight excluding hydrogens is 707 g/mol. The Hall–Kier alpha value is -4.34. The van der Waals surface area contributed by atoms with Gasteiger partial charge in [0.25, 0.3) is 5.56 Å². The molecular formula is C41H52N4O8P+. The number of ether oxygens (including phenoxy) is 3. The Morgan fingerprint density at radius 3 is 1.94 bits per heavy atom. The largest absolute Gasteiger partial charge is 0.497 e. The zero-order chi connectivity index (χ0) is 39.5. The monoisotopic (exact) mass is 759 g/mol. The van der Waals surface area contributed by atoms with E-state index >= 15 is 0 Å². The summed E-state index contributed by atoms with van der Waals surface area (Å²) < 4.78 is 28.8.